The number of hydrogen-bond donors (Lipinski definition) is 0. The summed E-state index contributed by atoms with van der Waals surface area (Å²) in [6, 6.07) is 8.20. The Balaban J connectivity index is 2.59. The van der Waals surface area contributed by atoms with Crippen LogP contribution in [-0.2, 0) is 0 Å². The van der Waals surface area contributed by atoms with E-state index in [1.165, 1.54) is 5.56 Å². The van der Waals surface area contributed by atoms with E-state index < -0.39 is 0 Å². The topological polar surface area (TPSA) is 41.6 Å². The van der Waals surface area contributed by atoms with Crippen molar-refractivity contribution in [2.75, 3.05) is 0 Å². The van der Waals surface area contributed by atoms with Crippen LogP contribution in [0.1, 0.15) is 16.8 Å². The lowest BCUT2D eigenvalue weighted by Crippen LogP contribution is -1.98. The average Bonchev–Trinajstić information content (AvgIpc) is 2.63. The van der Waals surface area contributed by atoms with E-state index in [-0.39, 0.29) is 0 Å². The molecule has 1 aromatic heterocycles. The Labute approximate surface area is 102 Å². The number of nitriles is 1. The molecule has 0 fully saturated rings. The van der Waals surface area contributed by atoms with Gasteiger partial charge in [0, 0.05) is 6.20 Å². The predicted octanol–water partition coefficient (Wildman–Crippen LogP) is 3.12. The Morgan fingerprint density at radius 1 is 1.38 bits per heavy atom. The molecular weight excluding hydrogens is 266 g/mol. The van der Waals surface area contributed by atoms with Crippen LogP contribution in [-0.4, -0.2) is 9.78 Å². The molecule has 0 aliphatic heterocycles. The van der Waals surface area contributed by atoms with E-state index in [1.807, 2.05) is 26.0 Å². The molecule has 0 spiro atoms. The molecule has 80 valence electrons. The highest BCUT2D eigenvalue weighted by atomic mass is 79.9. The molecule has 2 rings (SSSR count). The Morgan fingerprint density at radius 3 is 2.75 bits per heavy atom. The van der Waals surface area contributed by atoms with Crippen LogP contribution < -0.4 is 0 Å². The molecule has 1 heterocycles. The first-order valence-corrected chi connectivity index (χ1v) is 5.64. The minimum absolute atomic E-state index is 0.404. The Hall–Kier alpha value is -1.60. The number of rotatable bonds is 1. The van der Waals surface area contributed by atoms with Crippen LogP contribution in [0.4, 0.5) is 0 Å². The highest BCUT2D eigenvalue weighted by Crippen LogP contribution is 2.20. The van der Waals surface area contributed by atoms with Gasteiger partial charge in [-0.1, -0.05) is 12.1 Å². The quantitative estimate of drug-likeness (QED) is 0.803. The number of nitrogens with zero attached hydrogens (tertiary/aromatic N) is 3. The molecule has 1 aromatic carbocycles. The molecular formula is C12H10BrN3. The summed E-state index contributed by atoms with van der Waals surface area (Å²) < 4.78 is 2.45. The summed E-state index contributed by atoms with van der Waals surface area (Å²) in [5.74, 6) is 0. The van der Waals surface area contributed by atoms with Crippen molar-refractivity contribution in [2.24, 2.45) is 0 Å². The molecule has 0 bridgehead atoms. The van der Waals surface area contributed by atoms with Gasteiger partial charge in [-0.05, 0) is 47.0 Å². The maximum Gasteiger partial charge on any atom is 0.177 e. The van der Waals surface area contributed by atoms with Crippen molar-refractivity contribution in [3.05, 3.63) is 45.7 Å². The first-order chi connectivity index (χ1) is 7.61. The van der Waals surface area contributed by atoms with Gasteiger partial charge in [0.1, 0.15) is 6.07 Å². The smallest absolute Gasteiger partial charge is 0.177 e. The predicted molar refractivity (Wildman–Crippen MR) is 65.5 cm³/mol. The van der Waals surface area contributed by atoms with Crippen molar-refractivity contribution in [2.45, 2.75) is 13.8 Å². The molecule has 0 aliphatic carbocycles. The van der Waals surface area contributed by atoms with E-state index in [0.717, 1.165) is 15.7 Å². The summed E-state index contributed by atoms with van der Waals surface area (Å²) in [4.78, 5) is 0. The monoisotopic (exact) mass is 275 g/mol. The van der Waals surface area contributed by atoms with Crippen LogP contribution in [0.3, 0.4) is 0 Å². The fourth-order valence-electron chi connectivity index (χ4n) is 1.52. The van der Waals surface area contributed by atoms with Crippen LogP contribution in [0.25, 0.3) is 5.69 Å². The van der Waals surface area contributed by atoms with Gasteiger partial charge in [0.25, 0.3) is 0 Å². The van der Waals surface area contributed by atoms with Crippen molar-refractivity contribution in [1.82, 2.24) is 9.78 Å². The average molecular weight is 276 g/mol. The number of hydrogen-bond acceptors (Lipinski definition) is 2. The molecule has 16 heavy (non-hydrogen) atoms. The number of aromatic nitrogens is 2. The standard InChI is InChI=1S/C12H10BrN3/c1-8-3-4-9(2)12(5-8)16-7-10(13)11(6-14)15-16/h3-5,7H,1-2H3. The molecule has 0 unspecified atom stereocenters. The van der Waals surface area contributed by atoms with Gasteiger partial charge < -0.3 is 0 Å². The number of halogens is 1. The molecule has 0 aliphatic rings. The van der Waals surface area contributed by atoms with Gasteiger partial charge in [0.2, 0.25) is 0 Å². The highest BCUT2D eigenvalue weighted by Gasteiger charge is 2.08. The van der Waals surface area contributed by atoms with Gasteiger partial charge in [-0.2, -0.15) is 10.4 Å². The Bertz CT molecular complexity index is 578. The molecule has 0 amide bonds. The molecule has 0 saturated carbocycles. The van der Waals surface area contributed by atoms with Crippen LogP contribution in [0.2, 0.25) is 0 Å². The van der Waals surface area contributed by atoms with Gasteiger partial charge >= 0.3 is 0 Å². The minimum atomic E-state index is 0.404. The van der Waals surface area contributed by atoms with Crippen LogP contribution >= 0.6 is 15.9 Å². The van der Waals surface area contributed by atoms with Crippen LogP contribution in [0.15, 0.2) is 28.9 Å². The lowest BCUT2D eigenvalue weighted by Gasteiger charge is -2.06. The van der Waals surface area contributed by atoms with E-state index in [0.29, 0.717) is 5.69 Å². The summed E-state index contributed by atoms with van der Waals surface area (Å²) in [7, 11) is 0. The van der Waals surface area contributed by atoms with E-state index >= 15 is 0 Å². The third-order valence-corrected chi connectivity index (χ3v) is 2.97. The maximum atomic E-state index is 8.85. The summed E-state index contributed by atoms with van der Waals surface area (Å²) >= 11 is 3.31. The molecule has 2 aromatic rings. The lowest BCUT2D eigenvalue weighted by molar-refractivity contribution is 0.864. The third-order valence-electron chi connectivity index (χ3n) is 2.39. The number of benzene rings is 1. The van der Waals surface area contributed by atoms with Crippen molar-refractivity contribution in [3.8, 4) is 11.8 Å². The van der Waals surface area contributed by atoms with Crippen molar-refractivity contribution >= 4 is 15.9 Å². The summed E-state index contributed by atoms with van der Waals surface area (Å²) in [5, 5.41) is 13.1. The van der Waals surface area contributed by atoms with E-state index in [1.54, 1.807) is 10.9 Å². The fourth-order valence-corrected chi connectivity index (χ4v) is 1.88. The van der Waals surface area contributed by atoms with E-state index in [4.69, 9.17) is 5.26 Å². The molecule has 0 N–H and O–H groups in total. The fraction of sp³-hybridized carbons (Fsp3) is 0.167. The Kier molecular flexibility index (Phi) is 2.80. The van der Waals surface area contributed by atoms with Crippen LogP contribution in [0.5, 0.6) is 0 Å². The zero-order valence-corrected chi connectivity index (χ0v) is 10.6. The zero-order chi connectivity index (χ0) is 11.7. The van der Waals surface area contributed by atoms with Gasteiger partial charge in [0.15, 0.2) is 5.69 Å². The molecule has 0 radical (unpaired) electrons. The third kappa shape index (κ3) is 1.86. The van der Waals surface area contributed by atoms with Crippen molar-refractivity contribution in [3.63, 3.8) is 0 Å². The first-order valence-electron chi connectivity index (χ1n) is 4.84. The second-order valence-corrected chi connectivity index (χ2v) is 4.53. The largest absolute Gasteiger partial charge is 0.238 e. The second kappa shape index (κ2) is 4.11. The molecule has 0 saturated heterocycles. The van der Waals surface area contributed by atoms with Gasteiger partial charge in [-0.15, -0.1) is 0 Å². The number of aryl methyl sites for hydroxylation is 2. The normalized spacial score (nSPS) is 10.1. The highest BCUT2D eigenvalue weighted by molar-refractivity contribution is 9.10. The van der Waals surface area contributed by atoms with E-state index in [2.05, 4.69) is 33.2 Å². The van der Waals surface area contributed by atoms with Gasteiger partial charge in [-0.25, -0.2) is 4.68 Å². The van der Waals surface area contributed by atoms with Crippen molar-refractivity contribution in [1.29, 1.82) is 5.26 Å². The molecule has 0 atom stereocenters. The Morgan fingerprint density at radius 2 is 2.12 bits per heavy atom. The van der Waals surface area contributed by atoms with Gasteiger partial charge in [0.05, 0.1) is 10.2 Å². The molecule has 3 nitrogen and oxygen atoms in total. The first kappa shape index (κ1) is 10.9. The van der Waals surface area contributed by atoms with E-state index in [9.17, 15) is 0 Å². The lowest BCUT2D eigenvalue weighted by atomic mass is 10.1. The van der Waals surface area contributed by atoms with Crippen molar-refractivity contribution < 1.29 is 0 Å². The SMILES string of the molecule is Cc1ccc(C)c(-n2cc(Br)c(C#N)n2)c1. The zero-order valence-electron chi connectivity index (χ0n) is 9.03. The minimum Gasteiger partial charge on any atom is -0.238 e. The second-order valence-electron chi connectivity index (χ2n) is 3.67. The summed E-state index contributed by atoms with van der Waals surface area (Å²) in [6.07, 6.45) is 1.81. The van der Waals surface area contributed by atoms with Gasteiger partial charge in [-0.3, -0.25) is 0 Å². The molecule has 4 heteroatoms. The summed E-state index contributed by atoms with van der Waals surface area (Å²) in [6.45, 7) is 4.06. The van der Waals surface area contributed by atoms with Crippen LogP contribution in [0, 0.1) is 25.2 Å². The summed E-state index contributed by atoms with van der Waals surface area (Å²) in [5.41, 5.74) is 3.71. The maximum absolute atomic E-state index is 8.85.